The van der Waals surface area contributed by atoms with E-state index in [-0.39, 0.29) is 11.8 Å². The van der Waals surface area contributed by atoms with Crippen molar-refractivity contribution in [2.45, 2.75) is 13.3 Å². The molecule has 7 nitrogen and oxygen atoms in total. The van der Waals surface area contributed by atoms with Crippen LogP contribution in [0.3, 0.4) is 0 Å². The van der Waals surface area contributed by atoms with E-state index in [0.29, 0.717) is 18.7 Å². The normalized spacial score (nSPS) is 16.0. The van der Waals surface area contributed by atoms with Crippen LogP contribution in [-0.4, -0.2) is 40.8 Å². The molecule has 134 valence electrons. The molecule has 0 unspecified atom stereocenters. The molecule has 4 rings (SSSR count). The van der Waals surface area contributed by atoms with E-state index in [0.717, 1.165) is 34.8 Å². The van der Waals surface area contributed by atoms with Gasteiger partial charge in [0.05, 0.1) is 31.2 Å². The van der Waals surface area contributed by atoms with Crippen LogP contribution in [0.1, 0.15) is 21.6 Å². The predicted molar refractivity (Wildman–Crippen MR) is 95.7 cm³/mol. The van der Waals surface area contributed by atoms with Crippen molar-refractivity contribution in [1.82, 2.24) is 19.9 Å². The summed E-state index contributed by atoms with van der Waals surface area (Å²) >= 11 is 0. The first-order chi connectivity index (χ1) is 12.7. The Labute approximate surface area is 151 Å². The van der Waals surface area contributed by atoms with Gasteiger partial charge in [0.1, 0.15) is 11.5 Å². The molecule has 0 saturated heterocycles. The van der Waals surface area contributed by atoms with Gasteiger partial charge >= 0.3 is 0 Å². The number of nitrogens with one attached hydrogen (secondary N) is 1. The van der Waals surface area contributed by atoms with Crippen molar-refractivity contribution in [3.05, 3.63) is 53.5 Å². The smallest absolute Gasteiger partial charge is 0.254 e. The van der Waals surface area contributed by atoms with Crippen LogP contribution in [0.2, 0.25) is 0 Å². The number of benzene rings is 1. The summed E-state index contributed by atoms with van der Waals surface area (Å²) in [6.07, 6.45) is 4.12. The lowest BCUT2D eigenvalue weighted by molar-refractivity contribution is 0.0937. The molecular weight excluding hydrogens is 332 g/mol. The summed E-state index contributed by atoms with van der Waals surface area (Å²) in [5.74, 6) is 1.72. The number of amides is 1. The summed E-state index contributed by atoms with van der Waals surface area (Å²) < 4.78 is 12.7. The molecule has 0 radical (unpaired) electrons. The van der Waals surface area contributed by atoms with Crippen molar-refractivity contribution in [2.24, 2.45) is 5.92 Å². The number of carbonyl (C=O) groups is 1. The number of aromatic nitrogens is 3. The molecule has 2 aromatic heterocycles. The van der Waals surface area contributed by atoms with Gasteiger partial charge in [-0.3, -0.25) is 4.79 Å². The summed E-state index contributed by atoms with van der Waals surface area (Å²) in [5.41, 5.74) is 3.16. The minimum absolute atomic E-state index is 0.145. The van der Waals surface area contributed by atoms with Gasteiger partial charge in [0.2, 0.25) is 0 Å². The number of rotatable bonds is 4. The number of hydrogen-bond acceptors (Lipinski definition) is 5. The Hall–Kier alpha value is -3.09. The van der Waals surface area contributed by atoms with Gasteiger partial charge in [0, 0.05) is 30.8 Å². The highest BCUT2D eigenvalue weighted by atomic mass is 16.5. The Bertz CT molecular complexity index is 967. The lowest BCUT2D eigenvalue weighted by atomic mass is 9.96. The number of hydrogen-bond donors (Lipinski definition) is 1. The average Bonchev–Trinajstić information content (AvgIpc) is 3.15. The number of nitrogens with zero attached hydrogens (tertiary/aromatic N) is 3. The Morgan fingerprint density at radius 1 is 1.42 bits per heavy atom. The summed E-state index contributed by atoms with van der Waals surface area (Å²) in [7, 11) is 1.64. The monoisotopic (exact) mass is 352 g/mol. The second kappa shape index (κ2) is 6.67. The van der Waals surface area contributed by atoms with Crippen molar-refractivity contribution >= 4 is 11.6 Å². The fourth-order valence-electron chi connectivity index (χ4n) is 3.22. The SMILES string of the molecule is COc1ccc2c(c1)OC[C@@H](CNC(=O)c1cnc3ccnn3c1C)C2. The minimum atomic E-state index is -0.145. The van der Waals surface area contributed by atoms with Crippen molar-refractivity contribution in [3.63, 3.8) is 0 Å². The van der Waals surface area contributed by atoms with Crippen molar-refractivity contribution in [2.75, 3.05) is 20.3 Å². The lowest BCUT2D eigenvalue weighted by Gasteiger charge is -2.26. The van der Waals surface area contributed by atoms with Gasteiger partial charge in [-0.25, -0.2) is 9.50 Å². The maximum Gasteiger partial charge on any atom is 0.254 e. The Kier molecular flexibility index (Phi) is 4.20. The Balaban J connectivity index is 1.42. The van der Waals surface area contributed by atoms with Crippen LogP contribution < -0.4 is 14.8 Å². The molecule has 0 bridgehead atoms. The maximum atomic E-state index is 12.6. The average molecular weight is 352 g/mol. The molecule has 1 amide bonds. The summed E-state index contributed by atoms with van der Waals surface area (Å²) in [4.78, 5) is 16.8. The third kappa shape index (κ3) is 2.96. The number of carbonyl (C=O) groups excluding carboxylic acids is 1. The van der Waals surface area contributed by atoms with Crippen LogP contribution in [0, 0.1) is 12.8 Å². The fourth-order valence-corrected chi connectivity index (χ4v) is 3.22. The molecule has 1 aliphatic heterocycles. The third-order valence-corrected chi connectivity index (χ3v) is 4.71. The third-order valence-electron chi connectivity index (χ3n) is 4.71. The highest BCUT2D eigenvalue weighted by Crippen LogP contribution is 2.30. The van der Waals surface area contributed by atoms with Gasteiger partial charge in [-0.1, -0.05) is 6.07 Å². The zero-order valence-corrected chi connectivity index (χ0v) is 14.7. The van der Waals surface area contributed by atoms with Crippen LogP contribution in [0.4, 0.5) is 0 Å². The fraction of sp³-hybridized carbons (Fsp3) is 0.316. The van der Waals surface area contributed by atoms with E-state index in [1.165, 1.54) is 0 Å². The number of fused-ring (bicyclic) bond motifs is 2. The van der Waals surface area contributed by atoms with Crippen molar-refractivity contribution in [3.8, 4) is 11.5 Å². The van der Waals surface area contributed by atoms with E-state index in [1.807, 2.05) is 25.1 Å². The van der Waals surface area contributed by atoms with Crippen LogP contribution in [0.25, 0.3) is 5.65 Å². The molecule has 1 N–H and O–H groups in total. The number of methoxy groups -OCH3 is 1. The van der Waals surface area contributed by atoms with E-state index < -0.39 is 0 Å². The molecule has 7 heteroatoms. The van der Waals surface area contributed by atoms with E-state index in [2.05, 4.69) is 15.4 Å². The molecule has 0 fully saturated rings. The molecule has 1 atom stereocenters. The van der Waals surface area contributed by atoms with Gasteiger partial charge in [0.15, 0.2) is 5.65 Å². The van der Waals surface area contributed by atoms with Crippen LogP contribution in [0.15, 0.2) is 36.7 Å². The van der Waals surface area contributed by atoms with Gasteiger partial charge in [0.25, 0.3) is 5.91 Å². The van der Waals surface area contributed by atoms with E-state index in [9.17, 15) is 4.79 Å². The zero-order chi connectivity index (χ0) is 18.1. The molecule has 1 aromatic carbocycles. The molecular formula is C19H20N4O3. The highest BCUT2D eigenvalue weighted by Gasteiger charge is 2.22. The molecule has 3 heterocycles. The summed E-state index contributed by atoms with van der Waals surface area (Å²) in [5, 5.41) is 7.19. The summed E-state index contributed by atoms with van der Waals surface area (Å²) in [6, 6.07) is 7.65. The molecule has 26 heavy (non-hydrogen) atoms. The second-order valence-electron chi connectivity index (χ2n) is 6.42. The van der Waals surface area contributed by atoms with Crippen molar-refractivity contribution in [1.29, 1.82) is 0 Å². The standard InChI is InChI=1S/C19H20N4O3/c1-12-16(10-20-18-5-6-22-23(12)18)19(24)21-9-13-7-14-3-4-15(25-2)8-17(14)26-11-13/h3-6,8,10,13H,7,9,11H2,1-2H3,(H,21,24)/t13-/m1/s1. The quantitative estimate of drug-likeness (QED) is 0.777. The largest absolute Gasteiger partial charge is 0.497 e. The van der Waals surface area contributed by atoms with Gasteiger partial charge in [-0.2, -0.15) is 5.10 Å². The number of aryl methyl sites for hydroxylation is 1. The molecule has 3 aromatic rings. The Morgan fingerprint density at radius 2 is 2.31 bits per heavy atom. The topological polar surface area (TPSA) is 77.8 Å². The molecule has 0 aliphatic carbocycles. The number of ether oxygens (including phenoxy) is 2. The first-order valence-electron chi connectivity index (χ1n) is 8.53. The minimum Gasteiger partial charge on any atom is -0.497 e. The van der Waals surface area contributed by atoms with Crippen LogP contribution in [-0.2, 0) is 6.42 Å². The van der Waals surface area contributed by atoms with Gasteiger partial charge in [-0.15, -0.1) is 0 Å². The lowest BCUT2D eigenvalue weighted by Crippen LogP contribution is -2.35. The summed E-state index contributed by atoms with van der Waals surface area (Å²) in [6.45, 7) is 2.97. The zero-order valence-electron chi connectivity index (χ0n) is 14.7. The molecule has 0 saturated carbocycles. The van der Waals surface area contributed by atoms with Crippen molar-refractivity contribution < 1.29 is 14.3 Å². The molecule has 1 aliphatic rings. The van der Waals surface area contributed by atoms with E-state index in [4.69, 9.17) is 9.47 Å². The first-order valence-corrected chi connectivity index (χ1v) is 8.53. The van der Waals surface area contributed by atoms with Gasteiger partial charge < -0.3 is 14.8 Å². The maximum absolute atomic E-state index is 12.6. The van der Waals surface area contributed by atoms with E-state index >= 15 is 0 Å². The molecule has 0 spiro atoms. The highest BCUT2D eigenvalue weighted by molar-refractivity contribution is 5.95. The van der Waals surface area contributed by atoms with Gasteiger partial charge in [-0.05, 0) is 25.0 Å². The van der Waals surface area contributed by atoms with E-state index in [1.54, 1.807) is 30.1 Å². The Morgan fingerprint density at radius 3 is 3.15 bits per heavy atom. The van der Waals surface area contributed by atoms with Crippen LogP contribution in [0.5, 0.6) is 11.5 Å². The first kappa shape index (κ1) is 16.4. The van der Waals surface area contributed by atoms with Crippen LogP contribution >= 0.6 is 0 Å². The predicted octanol–water partition coefficient (Wildman–Crippen LogP) is 2.03. The second-order valence-corrected chi connectivity index (χ2v) is 6.42.